The van der Waals surface area contributed by atoms with Crippen molar-refractivity contribution in [1.82, 2.24) is 10.2 Å². The van der Waals surface area contributed by atoms with Gasteiger partial charge in [-0.1, -0.05) is 59.6 Å². The smallest absolute Gasteiger partial charge is 0.0595 e. The minimum absolute atomic E-state index is 0.465. The predicted octanol–water partition coefficient (Wildman–Crippen LogP) is 6.17. The third-order valence-corrected chi connectivity index (χ3v) is 7.73. The van der Waals surface area contributed by atoms with Crippen LogP contribution in [-0.4, -0.2) is 36.6 Å². The summed E-state index contributed by atoms with van der Waals surface area (Å²) in [6, 6.07) is 18.1. The highest BCUT2D eigenvalue weighted by Crippen LogP contribution is 2.35. The SMILES string of the molecule is CC(C1NCCCC1c1ccc(Cl)c(Cl)c1)N1CCC(Cc2ccccc2)CC1. The van der Waals surface area contributed by atoms with E-state index in [4.69, 9.17) is 23.2 Å². The van der Waals surface area contributed by atoms with Gasteiger partial charge in [-0.25, -0.2) is 0 Å². The van der Waals surface area contributed by atoms with E-state index in [9.17, 15) is 0 Å². The van der Waals surface area contributed by atoms with E-state index in [-0.39, 0.29) is 0 Å². The van der Waals surface area contributed by atoms with Crippen molar-refractivity contribution in [3.05, 3.63) is 69.7 Å². The molecule has 1 N–H and O–H groups in total. The maximum atomic E-state index is 6.33. The Kier molecular flexibility index (Phi) is 7.18. The van der Waals surface area contributed by atoms with Gasteiger partial charge in [-0.2, -0.15) is 0 Å². The molecular weight excluding hydrogens is 399 g/mol. The molecule has 4 heteroatoms. The fraction of sp³-hybridized carbons (Fsp3) is 0.520. The first-order valence-corrected chi connectivity index (χ1v) is 11.8. The number of nitrogens with one attached hydrogen (secondary N) is 1. The summed E-state index contributed by atoms with van der Waals surface area (Å²) in [6.07, 6.45) is 6.24. The molecule has 2 aromatic carbocycles. The number of hydrogen-bond donors (Lipinski definition) is 1. The molecule has 3 unspecified atom stereocenters. The van der Waals surface area contributed by atoms with Crippen molar-refractivity contribution < 1.29 is 0 Å². The first-order chi connectivity index (χ1) is 14.1. The summed E-state index contributed by atoms with van der Waals surface area (Å²) in [5, 5.41) is 5.14. The molecule has 3 atom stereocenters. The number of piperidine rings is 2. The van der Waals surface area contributed by atoms with Crippen LogP contribution in [0.3, 0.4) is 0 Å². The second-order valence-corrected chi connectivity index (χ2v) is 9.63. The summed E-state index contributed by atoms with van der Waals surface area (Å²) in [4.78, 5) is 2.70. The van der Waals surface area contributed by atoms with Crippen molar-refractivity contribution in [2.45, 2.75) is 57.0 Å². The van der Waals surface area contributed by atoms with Gasteiger partial charge in [0.15, 0.2) is 0 Å². The van der Waals surface area contributed by atoms with Crippen molar-refractivity contribution in [1.29, 1.82) is 0 Å². The Morgan fingerprint density at radius 1 is 1.00 bits per heavy atom. The minimum Gasteiger partial charge on any atom is -0.312 e. The quantitative estimate of drug-likeness (QED) is 0.609. The second-order valence-electron chi connectivity index (χ2n) is 8.81. The zero-order valence-electron chi connectivity index (χ0n) is 17.3. The summed E-state index contributed by atoms with van der Waals surface area (Å²) >= 11 is 12.5. The van der Waals surface area contributed by atoms with Crippen LogP contribution in [0, 0.1) is 5.92 Å². The molecule has 0 aromatic heterocycles. The van der Waals surface area contributed by atoms with Gasteiger partial charge < -0.3 is 5.32 Å². The molecule has 0 radical (unpaired) electrons. The molecule has 2 aliphatic rings. The van der Waals surface area contributed by atoms with Crippen LogP contribution in [0.4, 0.5) is 0 Å². The number of nitrogens with zero attached hydrogens (tertiary/aromatic N) is 1. The Hall–Kier alpha value is -1.06. The van der Waals surface area contributed by atoms with Crippen LogP contribution in [-0.2, 0) is 6.42 Å². The van der Waals surface area contributed by atoms with Gasteiger partial charge in [0.2, 0.25) is 0 Å². The lowest BCUT2D eigenvalue weighted by Crippen LogP contribution is -2.55. The molecule has 4 rings (SSSR count). The zero-order valence-corrected chi connectivity index (χ0v) is 18.8. The van der Waals surface area contributed by atoms with Crippen molar-refractivity contribution in [2.24, 2.45) is 5.92 Å². The molecule has 0 amide bonds. The normalized spacial score (nSPS) is 25.1. The number of benzene rings is 2. The first-order valence-electron chi connectivity index (χ1n) is 11.1. The van der Waals surface area contributed by atoms with Crippen LogP contribution in [0.25, 0.3) is 0 Å². The van der Waals surface area contributed by atoms with E-state index in [1.807, 2.05) is 6.07 Å². The molecule has 29 heavy (non-hydrogen) atoms. The maximum Gasteiger partial charge on any atom is 0.0595 e. The molecule has 2 aliphatic heterocycles. The Labute approximate surface area is 185 Å². The van der Waals surface area contributed by atoms with Gasteiger partial charge in [0.25, 0.3) is 0 Å². The van der Waals surface area contributed by atoms with Gasteiger partial charge in [0.05, 0.1) is 10.0 Å². The van der Waals surface area contributed by atoms with Crippen LogP contribution in [0.1, 0.15) is 49.7 Å². The van der Waals surface area contributed by atoms with Crippen LogP contribution in [0.5, 0.6) is 0 Å². The highest BCUT2D eigenvalue weighted by atomic mass is 35.5. The fourth-order valence-electron chi connectivity index (χ4n) is 5.28. The third-order valence-electron chi connectivity index (χ3n) is 6.99. The molecule has 2 fully saturated rings. The summed E-state index contributed by atoms with van der Waals surface area (Å²) in [5.74, 6) is 1.31. The number of rotatable bonds is 5. The van der Waals surface area contributed by atoms with Gasteiger partial charge in [0, 0.05) is 18.0 Å². The van der Waals surface area contributed by atoms with E-state index >= 15 is 0 Å². The second kappa shape index (κ2) is 9.83. The molecule has 2 aromatic rings. The van der Waals surface area contributed by atoms with Gasteiger partial charge in [-0.15, -0.1) is 0 Å². The number of halogens is 2. The van der Waals surface area contributed by atoms with E-state index in [0.717, 1.165) is 12.5 Å². The van der Waals surface area contributed by atoms with Crippen LogP contribution < -0.4 is 5.32 Å². The van der Waals surface area contributed by atoms with E-state index in [0.29, 0.717) is 28.0 Å². The topological polar surface area (TPSA) is 15.3 Å². The van der Waals surface area contributed by atoms with E-state index in [2.05, 4.69) is 59.6 Å². The summed E-state index contributed by atoms with van der Waals surface area (Å²) in [6.45, 7) is 5.91. The summed E-state index contributed by atoms with van der Waals surface area (Å²) in [5.41, 5.74) is 2.80. The summed E-state index contributed by atoms with van der Waals surface area (Å²) < 4.78 is 0. The standard InChI is InChI=1S/C25H32Cl2N2/c1-18(29-14-11-20(12-15-29)16-19-6-3-2-4-7-19)25-22(8-5-13-28-25)21-9-10-23(26)24(27)17-21/h2-4,6-7,9-10,17-18,20,22,25,28H,5,8,11-16H2,1H3. The van der Waals surface area contributed by atoms with Crippen LogP contribution >= 0.6 is 23.2 Å². The predicted molar refractivity (Wildman–Crippen MR) is 124 cm³/mol. The molecule has 0 aliphatic carbocycles. The highest BCUT2D eigenvalue weighted by molar-refractivity contribution is 6.42. The Bertz CT molecular complexity index is 787. The van der Waals surface area contributed by atoms with Crippen molar-refractivity contribution in [3.8, 4) is 0 Å². The van der Waals surface area contributed by atoms with Gasteiger partial charge >= 0.3 is 0 Å². The summed E-state index contributed by atoms with van der Waals surface area (Å²) in [7, 11) is 0. The third kappa shape index (κ3) is 5.17. The van der Waals surface area contributed by atoms with Crippen molar-refractivity contribution in [2.75, 3.05) is 19.6 Å². The Morgan fingerprint density at radius 3 is 2.48 bits per heavy atom. The average molecular weight is 431 g/mol. The largest absolute Gasteiger partial charge is 0.312 e. The van der Waals surface area contributed by atoms with E-state index < -0.39 is 0 Å². The van der Waals surface area contributed by atoms with Crippen LogP contribution in [0.2, 0.25) is 10.0 Å². The maximum absolute atomic E-state index is 6.33. The Balaban J connectivity index is 1.38. The molecule has 0 bridgehead atoms. The molecule has 156 valence electrons. The van der Waals surface area contributed by atoms with E-state index in [1.54, 1.807) is 0 Å². The van der Waals surface area contributed by atoms with Gasteiger partial charge in [-0.3, -0.25) is 4.90 Å². The average Bonchev–Trinajstić information content (AvgIpc) is 2.76. The zero-order chi connectivity index (χ0) is 20.2. The molecule has 0 spiro atoms. The molecule has 0 saturated carbocycles. The first kappa shape index (κ1) is 21.2. The van der Waals surface area contributed by atoms with Crippen molar-refractivity contribution in [3.63, 3.8) is 0 Å². The van der Waals surface area contributed by atoms with E-state index in [1.165, 1.54) is 56.3 Å². The Morgan fingerprint density at radius 2 is 1.76 bits per heavy atom. The van der Waals surface area contributed by atoms with Gasteiger partial charge in [0.1, 0.15) is 0 Å². The molecule has 2 heterocycles. The van der Waals surface area contributed by atoms with Gasteiger partial charge in [-0.05, 0) is 87.8 Å². The lowest BCUT2D eigenvalue weighted by Gasteiger charge is -2.44. The highest BCUT2D eigenvalue weighted by Gasteiger charge is 2.34. The minimum atomic E-state index is 0.465. The number of likely N-dealkylation sites (tertiary alicyclic amines) is 1. The fourth-order valence-corrected chi connectivity index (χ4v) is 5.58. The van der Waals surface area contributed by atoms with Crippen molar-refractivity contribution >= 4 is 23.2 Å². The van der Waals surface area contributed by atoms with Crippen LogP contribution in [0.15, 0.2) is 48.5 Å². The molecule has 2 saturated heterocycles. The lowest BCUT2D eigenvalue weighted by molar-refractivity contribution is 0.0999. The molecule has 2 nitrogen and oxygen atoms in total. The lowest BCUT2D eigenvalue weighted by atomic mass is 9.80. The molecular formula is C25H32Cl2N2. The monoisotopic (exact) mass is 430 g/mol. The number of hydrogen-bond acceptors (Lipinski definition) is 2.